The third-order valence-electron chi connectivity index (χ3n) is 2.20. The highest BCUT2D eigenvalue weighted by Crippen LogP contribution is 2.11. The molecule has 6 N–H and O–H groups in total. The molecule has 3 amide bonds. The minimum atomic E-state index is -0.608. The molecule has 0 aliphatic rings. The van der Waals surface area contributed by atoms with Crippen LogP contribution in [0.25, 0.3) is 0 Å². The molecular formula is C11H16N4O2. The molecule has 0 radical (unpaired) electrons. The molecule has 1 aromatic carbocycles. The quantitative estimate of drug-likeness (QED) is 0.435. The predicted octanol–water partition coefficient (Wildman–Crippen LogP) is -0.0247. The second kappa shape index (κ2) is 5.74. The van der Waals surface area contributed by atoms with Gasteiger partial charge in [-0.3, -0.25) is 4.79 Å². The van der Waals surface area contributed by atoms with Crippen molar-refractivity contribution in [2.75, 3.05) is 18.8 Å². The first-order valence-electron chi connectivity index (χ1n) is 5.18. The number of primary amides is 1. The lowest BCUT2D eigenvalue weighted by molar-refractivity contribution is 0.0953. The number of nitrogen functional groups attached to an aromatic ring is 1. The fourth-order valence-corrected chi connectivity index (χ4v) is 1.40. The Labute approximate surface area is 99.4 Å². The van der Waals surface area contributed by atoms with E-state index in [1.54, 1.807) is 18.2 Å². The van der Waals surface area contributed by atoms with E-state index in [9.17, 15) is 9.59 Å². The van der Waals surface area contributed by atoms with Gasteiger partial charge in [-0.2, -0.15) is 0 Å². The SMILES string of the molecule is Cc1cc(N)ccc1C(=O)NCCNC(N)=O. The smallest absolute Gasteiger partial charge is 0.312 e. The first-order chi connectivity index (χ1) is 8.00. The van der Waals surface area contributed by atoms with Gasteiger partial charge in [-0.05, 0) is 30.7 Å². The number of anilines is 1. The molecule has 17 heavy (non-hydrogen) atoms. The summed E-state index contributed by atoms with van der Waals surface area (Å²) in [6.45, 7) is 2.44. The van der Waals surface area contributed by atoms with E-state index < -0.39 is 6.03 Å². The van der Waals surface area contributed by atoms with Gasteiger partial charge < -0.3 is 22.1 Å². The number of nitrogens with two attached hydrogens (primary N) is 2. The lowest BCUT2D eigenvalue weighted by Crippen LogP contribution is -2.37. The maximum absolute atomic E-state index is 11.7. The lowest BCUT2D eigenvalue weighted by Gasteiger charge is -2.08. The molecule has 6 nitrogen and oxygen atoms in total. The molecular weight excluding hydrogens is 220 g/mol. The number of benzene rings is 1. The summed E-state index contributed by atoms with van der Waals surface area (Å²) >= 11 is 0. The van der Waals surface area contributed by atoms with Crippen molar-refractivity contribution in [2.45, 2.75) is 6.92 Å². The molecule has 0 bridgehead atoms. The van der Waals surface area contributed by atoms with Crippen molar-refractivity contribution in [1.29, 1.82) is 0 Å². The van der Waals surface area contributed by atoms with Gasteiger partial charge >= 0.3 is 6.03 Å². The molecule has 6 heteroatoms. The van der Waals surface area contributed by atoms with Crippen molar-refractivity contribution in [1.82, 2.24) is 10.6 Å². The highest BCUT2D eigenvalue weighted by Gasteiger charge is 2.07. The van der Waals surface area contributed by atoms with Crippen LogP contribution in [0.3, 0.4) is 0 Å². The van der Waals surface area contributed by atoms with Crippen molar-refractivity contribution < 1.29 is 9.59 Å². The zero-order chi connectivity index (χ0) is 12.8. The molecule has 0 fully saturated rings. The number of rotatable bonds is 4. The third kappa shape index (κ3) is 4.02. The van der Waals surface area contributed by atoms with E-state index in [1.807, 2.05) is 6.92 Å². The van der Waals surface area contributed by atoms with E-state index in [2.05, 4.69) is 10.6 Å². The fraction of sp³-hybridized carbons (Fsp3) is 0.273. The fourth-order valence-electron chi connectivity index (χ4n) is 1.40. The molecule has 0 aliphatic heterocycles. The molecule has 1 aromatic rings. The van der Waals surface area contributed by atoms with Crippen LogP contribution < -0.4 is 22.1 Å². The number of hydrogen-bond donors (Lipinski definition) is 4. The van der Waals surface area contributed by atoms with Crippen molar-refractivity contribution in [3.05, 3.63) is 29.3 Å². The molecule has 0 atom stereocenters. The Hall–Kier alpha value is -2.24. The Bertz CT molecular complexity index is 431. The summed E-state index contributed by atoms with van der Waals surface area (Å²) in [4.78, 5) is 22.1. The molecule has 0 aliphatic carbocycles. The van der Waals surface area contributed by atoms with Crippen LogP contribution in [0.1, 0.15) is 15.9 Å². The Morgan fingerprint density at radius 3 is 2.47 bits per heavy atom. The molecule has 0 saturated heterocycles. The van der Waals surface area contributed by atoms with Crippen LogP contribution in [0.15, 0.2) is 18.2 Å². The standard InChI is InChI=1S/C11H16N4O2/c1-7-6-8(12)2-3-9(7)10(16)14-4-5-15-11(13)17/h2-3,6H,4-5,12H2,1H3,(H,14,16)(H3,13,15,17). The van der Waals surface area contributed by atoms with Gasteiger partial charge in [0, 0.05) is 24.3 Å². The Morgan fingerprint density at radius 2 is 1.88 bits per heavy atom. The Morgan fingerprint density at radius 1 is 1.24 bits per heavy atom. The summed E-state index contributed by atoms with van der Waals surface area (Å²) in [5.41, 5.74) is 12.5. The summed E-state index contributed by atoms with van der Waals surface area (Å²) in [5, 5.41) is 5.04. The first kappa shape index (κ1) is 12.8. The first-order valence-corrected chi connectivity index (χ1v) is 5.18. The van der Waals surface area contributed by atoms with Crippen molar-refractivity contribution >= 4 is 17.6 Å². The molecule has 0 aromatic heterocycles. The van der Waals surface area contributed by atoms with E-state index in [0.29, 0.717) is 24.3 Å². The second-order valence-electron chi connectivity index (χ2n) is 3.62. The number of carbonyl (C=O) groups is 2. The molecule has 1 rings (SSSR count). The van der Waals surface area contributed by atoms with Gasteiger partial charge in [0.15, 0.2) is 0 Å². The Kier molecular flexibility index (Phi) is 4.33. The Balaban J connectivity index is 2.50. The van der Waals surface area contributed by atoms with Gasteiger partial charge in [0.05, 0.1) is 0 Å². The van der Waals surface area contributed by atoms with Crippen molar-refractivity contribution in [3.8, 4) is 0 Å². The van der Waals surface area contributed by atoms with E-state index in [1.165, 1.54) is 0 Å². The van der Waals surface area contributed by atoms with Gasteiger partial charge in [-0.15, -0.1) is 0 Å². The highest BCUT2D eigenvalue weighted by molar-refractivity contribution is 5.96. The highest BCUT2D eigenvalue weighted by atomic mass is 16.2. The molecule has 0 heterocycles. The molecule has 0 spiro atoms. The molecule has 92 valence electrons. The summed E-state index contributed by atoms with van der Waals surface area (Å²) < 4.78 is 0. The van der Waals surface area contributed by atoms with Crippen LogP contribution in [0, 0.1) is 6.92 Å². The van der Waals surface area contributed by atoms with Gasteiger partial charge in [0.2, 0.25) is 0 Å². The average molecular weight is 236 g/mol. The van der Waals surface area contributed by atoms with Crippen LogP contribution in [0.5, 0.6) is 0 Å². The maximum Gasteiger partial charge on any atom is 0.312 e. The van der Waals surface area contributed by atoms with Crippen LogP contribution >= 0.6 is 0 Å². The van der Waals surface area contributed by atoms with Gasteiger partial charge in [0.25, 0.3) is 5.91 Å². The largest absolute Gasteiger partial charge is 0.399 e. The van der Waals surface area contributed by atoms with Gasteiger partial charge in [0.1, 0.15) is 0 Å². The van der Waals surface area contributed by atoms with Crippen LogP contribution in [-0.2, 0) is 0 Å². The van der Waals surface area contributed by atoms with E-state index >= 15 is 0 Å². The summed E-state index contributed by atoms with van der Waals surface area (Å²) in [6, 6.07) is 4.46. The minimum Gasteiger partial charge on any atom is -0.399 e. The maximum atomic E-state index is 11.7. The number of carbonyl (C=O) groups excluding carboxylic acids is 2. The monoisotopic (exact) mass is 236 g/mol. The van der Waals surface area contributed by atoms with E-state index in [4.69, 9.17) is 11.5 Å². The lowest BCUT2D eigenvalue weighted by atomic mass is 10.1. The third-order valence-corrected chi connectivity index (χ3v) is 2.20. The summed E-state index contributed by atoms with van der Waals surface area (Å²) in [5.74, 6) is -0.200. The summed E-state index contributed by atoms with van der Waals surface area (Å²) in [7, 11) is 0. The molecule has 0 unspecified atom stereocenters. The van der Waals surface area contributed by atoms with Crippen LogP contribution in [-0.4, -0.2) is 25.0 Å². The predicted molar refractivity (Wildman–Crippen MR) is 65.5 cm³/mol. The van der Waals surface area contributed by atoms with Gasteiger partial charge in [-0.1, -0.05) is 0 Å². The topological polar surface area (TPSA) is 110 Å². The number of amides is 3. The molecule has 0 saturated carbocycles. The van der Waals surface area contributed by atoms with Crippen LogP contribution in [0.2, 0.25) is 0 Å². The van der Waals surface area contributed by atoms with Crippen molar-refractivity contribution in [3.63, 3.8) is 0 Å². The summed E-state index contributed by atoms with van der Waals surface area (Å²) in [6.07, 6.45) is 0. The number of hydrogen-bond acceptors (Lipinski definition) is 3. The second-order valence-corrected chi connectivity index (χ2v) is 3.62. The normalized spacial score (nSPS) is 9.71. The average Bonchev–Trinajstić information content (AvgIpc) is 2.23. The number of urea groups is 1. The number of aryl methyl sites for hydroxylation is 1. The zero-order valence-electron chi connectivity index (χ0n) is 9.62. The van der Waals surface area contributed by atoms with Crippen molar-refractivity contribution in [2.24, 2.45) is 5.73 Å². The van der Waals surface area contributed by atoms with Crippen LogP contribution in [0.4, 0.5) is 10.5 Å². The minimum absolute atomic E-state index is 0.200. The van der Waals surface area contributed by atoms with E-state index in [0.717, 1.165) is 5.56 Å². The van der Waals surface area contributed by atoms with Gasteiger partial charge in [-0.25, -0.2) is 4.79 Å². The van der Waals surface area contributed by atoms with E-state index in [-0.39, 0.29) is 5.91 Å². The zero-order valence-corrected chi connectivity index (χ0v) is 9.62. The number of nitrogens with one attached hydrogen (secondary N) is 2.